The van der Waals surface area contributed by atoms with Gasteiger partial charge < -0.3 is 0 Å². The van der Waals surface area contributed by atoms with E-state index in [0.717, 1.165) is 5.57 Å². The van der Waals surface area contributed by atoms with Crippen LogP contribution in [-0.4, -0.2) is 0 Å². The molecule has 0 unspecified atom stereocenters. The monoisotopic (exact) mass is 107 g/mol. The normalized spacial score (nSPS) is 12.5. The van der Waals surface area contributed by atoms with E-state index >= 15 is 0 Å². The zero-order valence-corrected chi connectivity index (χ0v) is 5.22. The smallest absolute Gasteiger partial charge is 0.0242 e. The maximum absolute atomic E-state index is 3.72. The van der Waals surface area contributed by atoms with Gasteiger partial charge in [-0.15, -0.1) is 0 Å². The molecule has 8 heavy (non-hydrogen) atoms. The minimum absolute atomic E-state index is 1.02. The molecular weight excluding hydrogens is 96.1 g/mol. The molecule has 0 aromatic carbocycles. The van der Waals surface area contributed by atoms with Crippen LogP contribution in [0.4, 0.5) is 0 Å². The fraction of sp³-hybridized carbons (Fsp3) is 0.125. The minimum Gasteiger partial charge on any atom is -0.0991 e. The fourth-order valence-corrected chi connectivity index (χ4v) is 0.288. The van der Waals surface area contributed by atoms with E-state index in [0.29, 0.717) is 0 Å². The Morgan fingerprint density at radius 3 is 2.50 bits per heavy atom. The van der Waals surface area contributed by atoms with Gasteiger partial charge in [0.1, 0.15) is 0 Å². The average Bonchev–Trinajstić information content (AvgIpc) is 1.83. The van der Waals surface area contributed by atoms with Crippen LogP contribution in [0.3, 0.4) is 0 Å². The summed E-state index contributed by atoms with van der Waals surface area (Å²) in [5.41, 5.74) is 1.02. The van der Waals surface area contributed by atoms with Crippen molar-refractivity contribution in [2.45, 2.75) is 6.92 Å². The Morgan fingerprint density at radius 1 is 1.50 bits per heavy atom. The zero-order valence-electron chi connectivity index (χ0n) is 5.22. The van der Waals surface area contributed by atoms with Gasteiger partial charge in [0.25, 0.3) is 0 Å². The lowest BCUT2D eigenvalue weighted by atomic mass is 10.3. The van der Waals surface area contributed by atoms with Gasteiger partial charge in [0.15, 0.2) is 0 Å². The number of hydrogen-bond acceptors (Lipinski definition) is 0. The maximum atomic E-state index is 3.72. The van der Waals surface area contributed by atoms with Crippen LogP contribution in [0.2, 0.25) is 0 Å². The van der Waals surface area contributed by atoms with Crippen molar-refractivity contribution >= 4 is 0 Å². The van der Waals surface area contributed by atoms with Crippen LogP contribution in [0.1, 0.15) is 6.92 Å². The summed E-state index contributed by atoms with van der Waals surface area (Å²) in [4.78, 5) is 0. The van der Waals surface area contributed by atoms with E-state index in [1.54, 1.807) is 6.08 Å². The molecule has 0 aliphatic rings. The molecule has 0 saturated heterocycles. The van der Waals surface area contributed by atoms with E-state index in [-0.39, 0.29) is 0 Å². The summed E-state index contributed by atoms with van der Waals surface area (Å²) >= 11 is 0. The van der Waals surface area contributed by atoms with Gasteiger partial charge in [-0.2, -0.15) is 0 Å². The van der Waals surface area contributed by atoms with Gasteiger partial charge in [-0.1, -0.05) is 36.5 Å². The van der Waals surface area contributed by atoms with E-state index < -0.39 is 0 Å². The van der Waals surface area contributed by atoms with Gasteiger partial charge in [-0.25, -0.2) is 0 Å². The second-order valence-corrected chi connectivity index (χ2v) is 1.46. The summed E-state index contributed by atoms with van der Waals surface area (Å²) in [6.45, 7) is 9.20. The third-order valence-electron chi connectivity index (χ3n) is 0.817. The van der Waals surface area contributed by atoms with Gasteiger partial charge >= 0.3 is 0 Å². The number of rotatable bonds is 2. The van der Waals surface area contributed by atoms with Crippen LogP contribution in [0.5, 0.6) is 0 Å². The van der Waals surface area contributed by atoms with E-state index in [1.165, 1.54) is 0 Å². The first kappa shape index (κ1) is 7.22. The molecule has 0 atom stereocenters. The van der Waals surface area contributed by atoms with Crippen LogP contribution in [0.25, 0.3) is 0 Å². The predicted octanol–water partition coefficient (Wildman–Crippen LogP) is 2.51. The van der Waals surface area contributed by atoms with Crippen molar-refractivity contribution in [3.63, 3.8) is 0 Å². The third-order valence-corrected chi connectivity index (χ3v) is 0.817. The molecule has 0 rings (SSSR count). The second-order valence-electron chi connectivity index (χ2n) is 1.46. The van der Waals surface area contributed by atoms with Gasteiger partial charge in [0.05, 0.1) is 0 Å². The SMILES string of the molecule is [CH2]C(/C=C\C=C)=C/C. The highest BCUT2D eigenvalue weighted by molar-refractivity contribution is 5.22. The molecule has 0 heterocycles. The van der Waals surface area contributed by atoms with Crippen LogP contribution >= 0.6 is 0 Å². The summed E-state index contributed by atoms with van der Waals surface area (Å²) in [6, 6.07) is 0. The average molecular weight is 107 g/mol. The molecule has 0 N–H and O–H groups in total. The van der Waals surface area contributed by atoms with Gasteiger partial charge in [-0.3, -0.25) is 0 Å². The maximum Gasteiger partial charge on any atom is -0.0242 e. The summed E-state index contributed by atoms with van der Waals surface area (Å²) in [7, 11) is 0. The summed E-state index contributed by atoms with van der Waals surface area (Å²) in [5, 5.41) is 0. The number of hydrogen-bond donors (Lipinski definition) is 0. The van der Waals surface area contributed by atoms with E-state index in [2.05, 4.69) is 13.5 Å². The largest absolute Gasteiger partial charge is 0.0991 e. The highest BCUT2D eigenvalue weighted by Gasteiger charge is 1.71. The summed E-state index contributed by atoms with van der Waals surface area (Å²) in [5.74, 6) is 0. The van der Waals surface area contributed by atoms with Crippen LogP contribution in [0.15, 0.2) is 36.5 Å². The molecule has 0 aliphatic carbocycles. The summed E-state index contributed by atoms with van der Waals surface area (Å²) < 4.78 is 0. The molecule has 0 aromatic heterocycles. The first-order chi connectivity index (χ1) is 3.81. The number of allylic oxidation sites excluding steroid dienone is 5. The highest BCUT2D eigenvalue weighted by Crippen LogP contribution is 1.91. The van der Waals surface area contributed by atoms with Crippen LogP contribution in [-0.2, 0) is 0 Å². The molecule has 0 spiro atoms. The Labute approximate surface area is 51.2 Å². The van der Waals surface area contributed by atoms with Crippen molar-refractivity contribution in [1.29, 1.82) is 0 Å². The van der Waals surface area contributed by atoms with Gasteiger partial charge in [0, 0.05) is 0 Å². The highest BCUT2D eigenvalue weighted by atomic mass is 13.8. The zero-order chi connectivity index (χ0) is 6.41. The molecule has 0 aromatic rings. The molecule has 0 heteroatoms. The van der Waals surface area contributed by atoms with E-state index in [9.17, 15) is 0 Å². The Kier molecular flexibility index (Phi) is 3.95. The molecule has 1 radical (unpaired) electrons. The topological polar surface area (TPSA) is 0 Å². The standard InChI is InChI=1S/C8H11/c1-4-6-7-8(3)5-2/h4-7H,1,3H2,2H3/b7-6-,8-5-. The predicted molar refractivity (Wildman–Crippen MR) is 38.5 cm³/mol. The lowest BCUT2D eigenvalue weighted by Crippen LogP contribution is -1.61. The first-order valence-corrected chi connectivity index (χ1v) is 2.58. The molecule has 43 valence electrons. The van der Waals surface area contributed by atoms with Crippen molar-refractivity contribution in [2.75, 3.05) is 0 Å². The molecule has 0 saturated carbocycles. The molecule has 0 nitrogen and oxygen atoms in total. The molecule has 0 amide bonds. The van der Waals surface area contributed by atoms with Crippen molar-refractivity contribution < 1.29 is 0 Å². The lowest BCUT2D eigenvalue weighted by Gasteiger charge is -1.81. The molecule has 0 bridgehead atoms. The lowest BCUT2D eigenvalue weighted by molar-refractivity contribution is 1.61. The Bertz CT molecular complexity index is 116. The van der Waals surface area contributed by atoms with Crippen molar-refractivity contribution in [3.05, 3.63) is 43.4 Å². The molecular formula is C8H11. The van der Waals surface area contributed by atoms with Crippen LogP contribution < -0.4 is 0 Å². The van der Waals surface area contributed by atoms with Crippen molar-refractivity contribution in [2.24, 2.45) is 0 Å². The van der Waals surface area contributed by atoms with Crippen molar-refractivity contribution in [1.82, 2.24) is 0 Å². The second kappa shape index (κ2) is 4.38. The minimum atomic E-state index is 1.02. The molecule has 0 aliphatic heterocycles. The van der Waals surface area contributed by atoms with Gasteiger partial charge in [-0.05, 0) is 13.8 Å². The van der Waals surface area contributed by atoms with Crippen molar-refractivity contribution in [3.8, 4) is 0 Å². The Balaban J connectivity index is 3.69. The quantitative estimate of drug-likeness (QED) is 0.475. The van der Waals surface area contributed by atoms with Gasteiger partial charge in [0.2, 0.25) is 0 Å². The Morgan fingerprint density at radius 2 is 2.12 bits per heavy atom. The first-order valence-electron chi connectivity index (χ1n) is 2.58. The van der Waals surface area contributed by atoms with Crippen LogP contribution in [0, 0.1) is 6.92 Å². The van der Waals surface area contributed by atoms with E-state index in [1.807, 2.05) is 25.2 Å². The fourth-order valence-electron chi connectivity index (χ4n) is 0.288. The Hall–Kier alpha value is -0.780. The molecule has 0 fully saturated rings. The third kappa shape index (κ3) is 3.41. The van der Waals surface area contributed by atoms with E-state index in [4.69, 9.17) is 0 Å². The summed E-state index contributed by atoms with van der Waals surface area (Å²) in [6.07, 6.45) is 7.45.